The summed E-state index contributed by atoms with van der Waals surface area (Å²) in [4.78, 5) is 17.8. The normalized spacial score (nSPS) is 15.6. The first-order chi connectivity index (χ1) is 7.59. The van der Waals surface area contributed by atoms with Gasteiger partial charge in [-0.1, -0.05) is 11.6 Å². The molecule has 0 aliphatic heterocycles. The summed E-state index contributed by atoms with van der Waals surface area (Å²) in [6.45, 7) is 0. The van der Waals surface area contributed by atoms with Gasteiger partial charge in [0.2, 0.25) is 0 Å². The van der Waals surface area contributed by atoms with Crippen molar-refractivity contribution in [2.75, 3.05) is 12.8 Å². The lowest BCUT2D eigenvalue weighted by Gasteiger charge is -2.34. The molecule has 1 saturated carbocycles. The van der Waals surface area contributed by atoms with Crippen molar-refractivity contribution in [2.24, 2.45) is 0 Å². The van der Waals surface area contributed by atoms with Crippen LogP contribution in [0.25, 0.3) is 0 Å². The van der Waals surface area contributed by atoms with E-state index in [0.717, 1.165) is 12.8 Å². The van der Waals surface area contributed by atoms with E-state index in [1.54, 1.807) is 24.1 Å². The summed E-state index contributed by atoms with van der Waals surface area (Å²) in [5, 5.41) is 0.352. The van der Waals surface area contributed by atoms with Crippen LogP contribution in [0.3, 0.4) is 0 Å². The number of carbonyl (C=O) groups excluding carboxylic acids is 1. The van der Waals surface area contributed by atoms with Gasteiger partial charge in [0.05, 0.1) is 5.02 Å². The molecular formula is C11H14ClN3O. The second-order valence-corrected chi connectivity index (χ2v) is 4.47. The largest absolute Gasteiger partial charge is 0.384 e. The Balaban J connectivity index is 2.22. The molecule has 0 aromatic carbocycles. The van der Waals surface area contributed by atoms with Crippen molar-refractivity contribution in [3.05, 3.63) is 22.8 Å². The summed E-state index contributed by atoms with van der Waals surface area (Å²) >= 11 is 5.94. The standard InChI is InChI=1S/C11H14ClN3O/c1-15(7-3-2-4-7)11(16)10-8(12)5-6-9(13)14-10/h5-7H,2-4H2,1H3,(H2,13,14). The zero-order valence-electron chi connectivity index (χ0n) is 9.11. The number of halogens is 1. The molecule has 86 valence electrons. The van der Waals surface area contributed by atoms with Crippen LogP contribution in [0.15, 0.2) is 12.1 Å². The van der Waals surface area contributed by atoms with Crippen molar-refractivity contribution >= 4 is 23.3 Å². The highest BCUT2D eigenvalue weighted by atomic mass is 35.5. The molecule has 0 bridgehead atoms. The van der Waals surface area contributed by atoms with Crippen molar-refractivity contribution in [3.8, 4) is 0 Å². The Kier molecular flexibility index (Phi) is 3.01. The molecule has 0 spiro atoms. The predicted octanol–water partition coefficient (Wildman–Crippen LogP) is 1.94. The van der Waals surface area contributed by atoms with Gasteiger partial charge in [0.15, 0.2) is 0 Å². The number of nitrogens with two attached hydrogens (primary N) is 1. The third-order valence-corrected chi connectivity index (χ3v) is 3.32. The third kappa shape index (κ3) is 1.97. The van der Waals surface area contributed by atoms with Crippen LogP contribution in [-0.2, 0) is 0 Å². The van der Waals surface area contributed by atoms with Gasteiger partial charge in [-0.2, -0.15) is 0 Å². The maximum absolute atomic E-state index is 12.1. The van der Waals surface area contributed by atoms with E-state index in [1.807, 2.05) is 0 Å². The molecule has 0 saturated heterocycles. The lowest BCUT2D eigenvalue weighted by atomic mass is 9.92. The van der Waals surface area contributed by atoms with E-state index in [4.69, 9.17) is 17.3 Å². The van der Waals surface area contributed by atoms with Crippen molar-refractivity contribution in [3.63, 3.8) is 0 Å². The highest BCUT2D eigenvalue weighted by Crippen LogP contribution is 2.26. The smallest absolute Gasteiger partial charge is 0.274 e. The van der Waals surface area contributed by atoms with Crippen LogP contribution in [0.1, 0.15) is 29.8 Å². The first-order valence-corrected chi connectivity index (χ1v) is 5.66. The lowest BCUT2D eigenvalue weighted by Crippen LogP contribution is -2.41. The Bertz CT molecular complexity index is 418. The first kappa shape index (κ1) is 11.2. The summed E-state index contributed by atoms with van der Waals surface area (Å²) < 4.78 is 0. The highest BCUT2D eigenvalue weighted by molar-refractivity contribution is 6.33. The predicted molar refractivity (Wildman–Crippen MR) is 63.4 cm³/mol. The summed E-state index contributed by atoms with van der Waals surface area (Å²) in [6, 6.07) is 3.51. The Morgan fingerprint density at radius 2 is 2.25 bits per heavy atom. The molecule has 2 N–H and O–H groups in total. The third-order valence-electron chi connectivity index (χ3n) is 3.01. The molecule has 5 heteroatoms. The van der Waals surface area contributed by atoms with Gasteiger partial charge in [-0.05, 0) is 31.4 Å². The molecule has 1 aromatic rings. The Morgan fingerprint density at radius 3 is 2.81 bits per heavy atom. The van der Waals surface area contributed by atoms with Gasteiger partial charge in [0, 0.05) is 13.1 Å². The van der Waals surface area contributed by atoms with Crippen LogP contribution in [0.2, 0.25) is 5.02 Å². The van der Waals surface area contributed by atoms with Crippen LogP contribution in [-0.4, -0.2) is 28.9 Å². The fourth-order valence-electron chi connectivity index (χ4n) is 1.71. The fourth-order valence-corrected chi connectivity index (χ4v) is 1.90. The molecule has 0 unspecified atom stereocenters. The first-order valence-electron chi connectivity index (χ1n) is 5.29. The van der Waals surface area contributed by atoms with Crippen LogP contribution in [0.4, 0.5) is 5.82 Å². The molecule has 4 nitrogen and oxygen atoms in total. The molecule has 1 amide bonds. The van der Waals surface area contributed by atoms with Gasteiger partial charge in [0.1, 0.15) is 11.5 Å². The maximum atomic E-state index is 12.1. The van der Waals surface area contributed by atoms with Crippen molar-refractivity contribution < 1.29 is 4.79 Å². The molecule has 1 fully saturated rings. The SMILES string of the molecule is CN(C(=O)c1nc(N)ccc1Cl)C1CCC1. The van der Waals surface area contributed by atoms with E-state index in [0.29, 0.717) is 16.9 Å². The molecule has 16 heavy (non-hydrogen) atoms. The Labute approximate surface area is 99.4 Å². The molecular weight excluding hydrogens is 226 g/mol. The van der Waals surface area contributed by atoms with E-state index in [1.165, 1.54) is 6.42 Å². The van der Waals surface area contributed by atoms with E-state index >= 15 is 0 Å². The zero-order valence-corrected chi connectivity index (χ0v) is 9.87. The highest BCUT2D eigenvalue weighted by Gasteiger charge is 2.28. The second-order valence-electron chi connectivity index (χ2n) is 4.07. The number of carbonyl (C=O) groups is 1. The fraction of sp³-hybridized carbons (Fsp3) is 0.455. The minimum absolute atomic E-state index is 0.151. The maximum Gasteiger partial charge on any atom is 0.274 e. The molecule has 1 heterocycles. The molecule has 2 rings (SSSR count). The summed E-state index contributed by atoms with van der Waals surface area (Å²) in [5.41, 5.74) is 5.79. The molecule has 1 aliphatic carbocycles. The quantitative estimate of drug-likeness (QED) is 0.858. The van der Waals surface area contributed by atoms with Gasteiger partial charge in [-0.15, -0.1) is 0 Å². The van der Waals surface area contributed by atoms with E-state index < -0.39 is 0 Å². The van der Waals surface area contributed by atoms with Gasteiger partial charge in [-0.3, -0.25) is 4.79 Å². The Hall–Kier alpha value is -1.29. The number of pyridine rings is 1. The minimum Gasteiger partial charge on any atom is -0.384 e. The number of nitrogens with zero attached hydrogens (tertiary/aromatic N) is 2. The van der Waals surface area contributed by atoms with E-state index in [-0.39, 0.29) is 11.6 Å². The number of hydrogen-bond donors (Lipinski definition) is 1. The minimum atomic E-state index is -0.151. The van der Waals surface area contributed by atoms with Crippen LogP contribution in [0, 0.1) is 0 Å². The molecule has 1 aromatic heterocycles. The number of anilines is 1. The van der Waals surface area contributed by atoms with Gasteiger partial charge in [0.25, 0.3) is 5.91 Å². The number of nitrogen functional groups attached to an aromatic ring is 1. The van der Waals surface area contributed by atoms with Gasteiger partial charge < -0.3 is 10.6 Å². The monoisotopic (exact) mass is 239 g/mol. The van der Waals surface area contributed by atoms with Crippen molar-refractivity contribution in [1.29, 1.82) is 0 Å². The number of amides is 1. The number of aromatic nitrogens is 1. The van der Waals surface area contributed by atoms with Crippen molar-refractivity contribution in [2.45, 2.75) is 25.3 Å². The van der Waals surface area contributed by atoms with Crippen molar-refractivity contribution in [1.82, 2.24) is 9.88 Å². The molecule has 1 aliphatic rings. The zero-order chi connectivity index (χ0) is 11.7. The van der Waals surface area contributed by atoms with Crippen LogP contribution < -0.4 is 5.73 Å². The van der Waals surface area contributed by atoms with Gasteiger partial charge >= 0.3 is 0 Å². The topological polar surface area (TPSA) is 59.2 Å². The summed E-state index contributed by atoms with van der Waals surface area (Å²) in [6.07, 6.45) is 3.30. The molecule has 0 atom stereocenters. The van der Waals surface area contributed by atoms with Crippen LogP contribution >= 0.6 is 11.6 Å². The van der Waals surface area contributed by atoms with Crippen LogP contribution in [0.5, 0.6) is 0 Å². The average molecular weight is 240 g/mol. The van der Waals surface area contributed by atoms with E-state index in [2.05, 4.69) is 4.98 Å². The lowest BCUT2D eigenvalue weighted by molar-refractivity contribution is 0.0646. The Morgan fingerprint density at radius 1 is 1.56 bits per heavy atom. The summed E-state index contributed by atoms with van der Waals surface area (Å²) in [5.74, 6) is 0.164. The second kappa shape index (κ2) is 4.29. The molecule has 0 radical (unpaired) electrons. The number of hydrogen-bond acceptors (Lipinski definition) is 3. The average Bonchev–Trinajstić information content (AvgIpc) is 2.18. The van der Waals surface area contributed by atoms with E-state index in [9.17, 15) is 4.79 Å². The van der Waals surface area contributed by atoms with Gasteiger partial charge in [-0.25, -0.2) is 4.98 Å². The number of rotatable bonds is 2. The summed E-state index contributed by atoms with van der Waals surface area (Å²) in [7, 11) is 1.79.